The monoisotopic (exact) mass is 385 g/mol. The molecule has 0 unspecified atom stereocenters. The van der Waals surface area contributed by atoms with E-state index in [-0.39, 0.29) is 26.7 Å². The fourth-order valence-electron chi connectivity index (χ4n) is 2.21. The van der Waals surface area contributed by atoms with Gasteiger partial charge in [-0.15, -0.1) is 5.10 Å². The van der Waals surface area contributed by atoms with Gasteiger partial charge in [-0.05, 0) is 38.5 Å². The van der Waals surface area contributed by atoms with Gasteiger partial charge in [-0.3, -0.25) is 4.72 Å². The number of hydrogen-bond acceptors (Lipinski definition) is 5. The Morgan fingerprint density at radius 2 is 1.83 bits per heavy atom. The lowest BCUT2D eigenvalue weighted by molar-refractivity contribution is 0.592. The minimum absolute atomic E-state index is 0.120. The first kappa shape index (κ1) is 16.9. The van der Waals surface area contributed by atoms with Crippen molar-refractivity contribution in [3.63, 3.8) is 0 Å². The third-order valence-electron chi connectivity index (χ3n) is 3.38. The molecular formula is C14H13Cl2N5O2S. The van der Waals surface area contributed by atoms with E-state index in [1.807, 2.05) is 0 Å². The van der Waals surface area contributed by atoms with E-state index in [1.54, 1.807) is 39.0 Å². The van der Waals surface area contributed by atoms with Crippen LogP contribution >= 0.6 is 23.2 Å². The summed E-state index contributed by atoms with van der Waals surface area (Å²) in [4.78, 5) is 8.18. The largest absolute Gasteiger partial charge is 0.299 e. The highest BCUT2D eigenvalue weighted by molar-refractivity contribution is 7.92. The lowest BCUT2D eigenvalue weighted by Gasteiger charge is -2.11. The topological polar surface area (TPSA) is 89.3 Å². The second-order valence-electron chi connectivity index (χ2n) is 5.30. The Morgan fingerprint density at radius 3 is 2.54 bits per heavy atom. The van der Waals surface area contributed by atoms with E-state index >= 15 is 0 Å². The lowest BCUT2D eigenvalue weighted by atomic mass is 10.2. The van der Waals surface area contributed by atoms with Crippen LogP contribution in [-0.4, -0.2) is 28.0 Å². The zero-order valence-corrected chi connectivity index (χ0v) is 15.3. The van der Waals surface area contributed by atoms with Crippen LogP contribution in [-0.2, 0) is 10.0 Å². The third kappa shape index (κ3) is 2.92. The summed E-state index contributed by atoms with van der Waals surface area (Å²) in [6.45, 7) is 5.30. The number of sulfonamides is 1. The van der Waals surface area contributed by atoms with Crippen molar-refractivity contribution < 1.29 is 8.42 Å². The molecule has 0 aliphatic heterocycles. The summed E-state index contributed by atoms with van der Waals surface area (Å²) in [7, 11) is -4.04. The molecule has 0 aliphatic rings. The Labute approximate surface area is 148 Å². The normalized spacial score (nSPS) is 11.9. The maximum atomic E-state index is 12.6. The summed E-state index contributed by atoms with van der Waals surface area (Å²) in [5, 5.41) is 4.00. The zero-order chi connectivity index (χ0) is 17.6. The van der Waals surface area contributed by atoms with Gasteiger partial charge in [0.05, 0.1) is 15.7 Å². The maximum Gasteiger partial charge on any atom is 0.299 e. The van der Waals surface area contributed by atoms with Crippen LogP contribution in [0.15, 0.2) is 23.4 Å². The van der Waals surface area contributed by atoms with Gasteiger partial charge in [0.15, 0.2) is 0 Å². The van der Waals surface area contributed by atoms with Crippen molar-refractivity contribution in [2.75, 3.05) is 4.72 Å². The van der Waals surface area contributed by atoms with Gasteiger partial charge in [-0.1, -0.05) is 29.3 Å². The molecule has 0 saturated heterocycles. The Balaban J connectivity index is 2.09. The van der Waals surface area contributed by atoms with Gasteiger partial charge < -0.3 is 0 Å². The SMILES string of the molecule is Cc1cc(C)n2nc(S(=O)(=O)Nc3c(C)ccc(Cl)c3Cl)nc2n1. The molecule has 1 aromatic carbocycles. The van der Waals surface area contributed by atoms with Gasteiger partial charge in [0.25, 0.3) is 21.0 Å². The molecule has 0 aliphatic carbocycles. The Hall–Kier alpha value is -1.90. The van der Waals surface area contributed by atoms with Crippen molar-refractivity contribution in [3.05, 3.63) is 45.2 Å². The predicted molar refractivity (Wildman–Crippen MR) is 92.3 cm³/mol. The van der Waals surface area contributed by atoms with E-state index in [1.165, 1.54) is 4.52 Å². The Bertz CT molecular complexity index is 1060. The standard InChI is InChI=1S/C14H13Cl2N5O2S/c1-7-4-5-10(15)11(16)12(7)20-24(22,23)14-18-13-17-8(2)6-9(3)21(13)19-14/h4-6,20H,1-3H3. The van der Waals surface area contributed by atoms with Crippen molar-refractivity contribution >= 4 is 44.7 Å². The molecule has 0 fully saturated rings. The van der Waals surface area contributed by atoms with Crippen LogP contribution in [0.2, 0.25) is 10.0 Å². The van der Waals surface area contributed by atoms with Crippen LogP contribution in [0, 0.1) is 20.8 Å². The number of nitrogens with zero attached hydrogens (tertiary/aromatic N) is 4. The van der Waals surface area contributed by atoms with Gasteiger partial charge in [0.1, 0.15) is 0 Å². The number of nitrogens with one attached hydrogen (secondary N) is 1. The first-order valence-electron chi connectivity index (χ1n) is 6.87. The van der Waals surface area contributed by atoms with Gasteiger partial charge >= 0.3 is 0 Å². The molecule has 1 N–H and O–H groups in total. The van der Waals surface area contributed by atoms with Gasteiger partial charge in [0, 0.05) is 11.4 Å². The summed E-state index contributed by atoms with van der Waals surface area (Å²) in [6, 6.07) is 5.04. The van der Waals surface area contributed by atoms with Crippen molar-refractivity contribution in [2.45, 2.75) is 25.9 Å². The number of rotatable bonds is 3. The maximum absolute atomic E-state index is 12.6. The summed E-state index contributed by atoms with van der Waals surface area (Å²) >= 11 is 12.1. The molecule has 24 heavy (non-hydrogen) atoms. The highest BCUT2D eigenvalue weighted by atomic mass is 35.5. The molecule has 2 aromatic heterocycles. The molecule has 10 heteroatoms. The number of anilines is 1. The number of aryl methyl sites for hydroxylation is 3. The first-order valence-corrected chi connectivity index (χ1v) is 9.11. The van der Waals surface area contributed by atoms with Crippen LogP contribution in [0.3, 0.4) is 0 Å². The Morgan fingerprint density at radius 1 is 1.12 bits per heavy atom. The number of hydrogen-bond donors (Lipinski definition) is 1. The number of benzene rings is 1. The molecule has 0 spiro atoms. The van der Waals surface area contributed by atoms with E-state index in [2.05, 4.69) is 19.8 Å². The minimum atomic E-state index is -4.04. The average Bonchev–Trinajstić information content (AvgIpc) is 2.93. The predicted octanol–water partition coefficient (Wildman–Crippen LogP) is 3.16. The van der Waals surface area contributed by atoms with E-state index in [0.717, 1.165) is 11.4 Å². The van der Waals surface area contributed by atoms with Crippen LogP contribution in [0.25, 0.3) is 5.78 Å². The molecule has 3 aromatic rings. The molecule has 2 heterocycles. The van der Waals surface area contributed by atoms with Crippen molar-refractivity contribution in [3.8, 4) is 0 Å². The van der Waals surface area contributed by atoms with E-state index < -0.39 is 10.0 Å². The molecule has 0 atom stereocenters. The highest BCUT2D eigenvalue weighted by Gasteiger charge is 2.24. The van der Waals surface area contributed by atoms with Crippen LogP contribution in [0.4, 0.5) is 5.69 Å². The van der Waals surface area contributed by atoms with Crippen molar-refractivity contribution in [2.24, 2.45) is 0 Å². The fourth-order valence-corrected chi connectivity index (χ4v) is 3.70. The second-order valence-corrected chi connectivity index (χ2v) is 7.67. The molecule has 0 bridgehead atoms. The minimum Gasteiger partial charge on any atom is -0.275 e. The second kappa shape index (κ2) is 5.87. The molecular weight excluding hydrogens is 373 g/mol. The quantitative estimate of drug-likeness (QED) is 0.747. The number of halogens is 2. The smallest absolute Gasteiger partial charge is 0.275 e. The van der Waals surface area contributed by atoms with E-state index in [0.29, 0.717) is 5.56 Å². The van der Waals surface area contributed by atoms with Crippen LogP contribution < -0.4 is 4.72 Å². The first-order chi connectivity index (χ1) is 11.2. The number of fused-ring (bicyclic) bond motifs is 1. The van der Waals surface area contributed by atoms with Gasteiger partial charge in [0.2, 0.25) is 0 Å². The zero-order valence-electron chi connectivity index (χ0n) is 13.0. The summed E-state index contributed by atoms with van der Waals surface area (Å²) in [6.07, 6.45) is 0. The summed E-state index contributed by atoms with van der Waals surface area (Å²) < 4.78 is 29.0. The Kier molecular flexibility index (Phi) is 4.15. The molecule has 0 saturated carbocycles. The number of aromatic nitrogens is 4. The van der Waals surface area contributed by atoms with Gasteiger partial charge in [-0.25, -0.2) is 9.50 Å². The van der Waals surface area contributed by atoms with Crippen LogP contribution in [0.5, 0.6) is 0 Å². The summed E-state index contributed by atoms with van der Waals surface area (Å²) in [5.74, 6) is 0.210. The highest BCUT2D eigenvalue weighted by Crippen LogP contribution is 2.33. The van der Waals surface area contributed by atoms with Gasteiger partial charge in [-0.2, -0.15) is 13.4 Å². The van der Waals surface area contributed by atoms with Crippen molar-refractivity contribution in [1.29, 1.82) is 0 Å². The lowest BCUT2D eigenvalue weighted by Crippen LogP contribution is -2.16. The van der Waals surface area contributed by atoms with E-state index in [4.69, 9.17) is 23.2 Å². The molecule has 0 radical (unpaired) electrons. The van der Waals surface area contributed by atoms with Crippen molar-refractivity contribution in [1.82, 2.24) is 19.6 Å². The molecule has 0 amide bonds. The molecule has 126 valence electrons. The molecule has 3 rings (SSSR count). The van der Waals surface area contributed by atoms with Crippen LogP contribution in [0.1, 0.15) is 17.0 Å². The summed E-state index contributed by atoms with van der Waals surface area (Å²) in [5.41, 5.74) is 2.27. The average molecular weight is 386 g/mol. The fraction of sp³-hybridized carbons (Fsp3) is 0.214. The third-order valence-corrected chi connectivity index (χ3v) is 5.31. The molecule has 7 nitrogen and oxygen atoms in total. The van der Waals surface area contributed by atoms with E-state index in [9.17, 15) is 8.42 Å².